The standard InChI is InChI=1S/C20H18FN5O2S/c1-28-18-9-12(29(2,22)27)7-8-17(18)25-20-24-11-15(21)19(26-20)14-10-23-16-6-4-3-5-13(14)16/h3-11,22-23H,1-2H3,(H,24,25,26). The van der Waals surface area contributed by atoms with Gasteiger partial charge in [0.1, 0.15) is 11.4 Å². The van der Waals surface area contributed by atoms with E-state index in [2.05, 4.69) is 20.3 Å². The molecule has 1 atom stereocenters. The van der Waals surface area contributed by atoms with Crippen molar-refractivity contribution in [1.82, 2.24) is 15.0 Å². The molecule has 0 saturated heterocycles. The number of methoxy groups -OCH3 is 1. The highest BCUT2D eigenvalue weighted by Crippen LogP contribution is 2.32. The number of hydrogen-bond donors (Lipinski definition) is 3. The van der Waals surface area contributed by atoms with Gasteiger partial charge in [0.2, 0.25) is 5.95 Å². The number of aromatic amines is 1. The molecule has 0 bridgehead atoms. The van der Waals surface area contributed by atoms with Crippen molar-refractivity contribution in [3.63, 3.8) is 0 Å². The van der Waals surface area contributed by atoms with Crippen LogP contribution in [0.15, 0.2) is 59.8 Å². The summed E-state index contributed by atoms with van der Waals surface area (Å²) in [6.07, 6.45) is 4.16. The highest BCUT2D eigenvalue weighted by molar-refractivity contribution is 7.91. The van der Waals surface area contributed by atoms with E-state index in [1.807, 2.05) is 24.3 Å². The molecular weight excluding hydrogens is 393 g/mol. The third-order valence-corrected chi connectivity index (χ3v) is 5.61. The molecule has 0 fully saturated rings. The second-order valence-corrected chi connectivity index (χ2v) is 8.63. The lowest BCUT2D eigenvalue weighted by molar-refractivity contribution is 0.415. The molecule has 3 N–H and O–H groups in total. The summed E-state index contributed by atoms with van der Waals surface area (Å²) in [5, 5.41) is 3.85. The molecule has 0 amide bonds. The Kier molecular flexibility index (Phi) is 4.67. The van der Waals surface area contributed by atoms with E-state index in [0.717, 1.165) is 17.1 Å². The molecule has 0 aliphatic carbocycles. The van der Waals surface area contributed by atoms with E-state index in [4.69, 9.17) is 9.52 Å². The molecule has 0 saturated carbocycles. The SMILES string of the molecule is COc1cc(S(C)(=N)=O)ccc1Nc1ncc(F)c(-c2c[nH]c3ccccc23)n1. The Bertz CT molecular complexity index is 1320. The number of nitrogens with one attached hydrogen (secondary N) is 3. The zero-order valence-corrected chi connectivity index (χ0v) is 16.5. The van der Waals surface area contributed by atoms with Crippen LogP contribution >= 0.6 is 0 Å². The number of H-pyrrole nitrogens is 1. The topological polar surface area (TPSA) is 104 Å². The lowest BCUT2D eigenvalue weighted by Gasteiger charge is -2.12. The summed E-state index contributed by atoms with van der Waals surface area (Å²) in [5.41, 5.74) is 2.19. The summed E-state index contributed by atoms with van der Waals surface area (Å²) in [5.74, 6) is 0.0225. The minimum Gasteiger partial charge on any atom is -0.495 e. The Balaban J connectivity index is 1.74. The number of ether oxygens (including phenoxy) is 1. The molecule has 9 heteroatoms. The number of aromatic nitrogens is 3. The van der Waals surface area contributed by atoms with Crippen LogP contribution in [-0.4, -0.2) is 32.5 Å². The molecular formula is C20H18FN5O2S. The van der Waals surface area contributed by atoms with Crippen LogP contribution in [0.1, 0.15) is 0 Å². The zero-order chi connectivity index (χ0) is 20.6. The molecule has 2 aromatic carbocycles. The molecule has 4 aromatic rings. The van der Waals surface area contributed by atoms with Crippen molar-refractivity contribution in [1.29, 1.82) is 4.78 Å². The maximum atomic E-state index is 14.5. The van der Waals surface area contributed by atoms with Crippen LogP contribution in [0.4, 0.5) is 16.0 Å². The Morgan fingerprint density at radius 3 is 2.79 bits per heavy atom. The largest absolute Gasteiger partial charge is 0.495 e. The molecule has 0 aliphatic rings. The quantitative estimate of drug-likeness (QED) is 0.447. The highest BCUT2D eigenvalue weighted by atomic mass is 32.2. The Morgan fingerprint density at radius 2 is 2.03 bits per heavy atom. The summed E-state index contributed by atoms with van der Waals surface area (Å²) in [4.78, 5) is 11.8. The van der Waals surface area contributed by atoms with Gasteiger partial charge in [0.05, 0.1) is 33.6 Å². The summed E-state index contributed by atoms with van der Waals surface area (Å²) >= 11 is 0. The number of anilines is 2. The van der Waals surface area contributed by atoms with Gasteiger partial charge >= 0.3 is 0 Å². The minimum atomic E-state index is -2.88. The fourth-order valence-electron chi connectivity index (χ4n) is 3.02. The lowest BCUT2D eigenvalue weighted by atomic mass is 10.1. The van der Waals surface area contributed by atoms with E-state index in [9.17, 15) is 8.60 Å². The fraction of sp³-hybridized carbons (Fsp3) is 0.100. The van der Waals surface area contributed by atoms with Gasteiger partial charge in [-0.3, -0.25) is 0 Å². The Morgan fingerprint density at radius 1 is 1.24 bits per heavy atom. The smallest absolute Gasteiger partial charge is 0.228 e. The average Bonchev–Trinajstić information content (AvgIpc) is 3.13. The van der Waals surface area contributed by atoms with Gasteiger partial charge in [-0.25, -0.2) is 23.3 Å². The number of benzene rings is 2. The molecule has 29 heavy (non-hydrogen) atoms. The second kappa shape index (κ2) is 7.17. The van der Waals surface area contributed by atoms with Crippen molar-refractivity contribution in [2.75, 3.05) is 18.7 Å². The van der Waals surface area contributed by atoms with E-state index in [1.54, 1.807) is 18.3 Å². The number of rotatable bonds is 5. The summed E-state index contributed by atoms with van der Waals surface area (Å²) in [6.45, 7) is 0. The van der Waals surface area contributed by atoms with Crippen LogP contribution in [0.25, 0.3) is 22.2 Å². The van der Waals surface area contributed by atoms with Gasteiger partial charge in [0, 0.05) is 28.9 Å². The third kappa shape index (κ3) is 3.64. The lowest BCUT2D eigenvalue weighted by Crippen LogP contribution is -2.03. The summed E-state index contributed by atoms with van der Waals surface area (Å²) < 4.78 is 39.5. The predicted molar refractivity (Wildman–Crippen MR) is 111 cm³/mol. The molecule has 2 aromatic heterocycles. The third-order valence-electron chi connectivity index (χ3n) is 4.46. The van der Waals surface area contributed by atoms with Crippen LogP contribution in [0.2, 0.25) is 0 Å². The van der Waals surface area contributed by atoms with E-state index >= 15 is 0 Å². The number of nitrogens with zero attached hydrogens (tertiary/aromatic N) is 2. The molecule has 1 unspecified atom stereocenters. The van der Waals surface area contributed by atoms with Gasteiger partial charge in [-0.15, -0.1) is 0 Å². The van der Waals surface area contributed by atoms with Crippen molar-refractivity contribution in [3.8, 4) is 17.0 Å². The number of fused-ring (bicyclic) bond motifs is 1. The number of hydrogen-bond acceptors (Lipinski definition) is 6. The monoisotopic (exact) mass is 411 g/mol. The maximum Gasteiger partial charge on any atom is 0.228 e. The van der Waals surface area contributed by atoms with Crippen molar-refractivity contribution in [3.05, 3.63) is 60.7 Å². The first kappa shape index (κ1) is 18.9. The van der Waals surface area contributed by atoms with Gasteiger partial charge < -0.3 is 15.0 Å². The van der Waals surface area contributed by atoms with E-state index in [0.29, 0.717) is 21.9 Å². The average molecular weight is 411 g/mol. The molecule has 0 spiro atoms. The van der Waals surface area contributed by atoms with Gasteiger partial charge in [-0.2, -0.15) is 0 Å². The van der Waals surface area contributed by atoms with Crippen molar-refractivity contribution in [2.24, 2.45) is 0 Å². The fourth-order valence-corrected chi connectivity index (χ4v) is 3.68. The minimum absolute atomic E-state index is 0.165. The predicted octanol–water partition coefficient (Wildman–Crippen LogP) is 4.55. The van der Waals surface area contributed by atoms with Crippen LogP contribution in [0.5, 0.6) is 5.75 Å². The molecule has 148 valence electrons. The van der Waals surface area contributed by atoms with Crippen LogP contribution in [-0.2, 0) is 9.73 Å². The van der Waals surface area contributed by atoms with Crippen LogP contribution in [0, 0.1) is 10.6 Å². The van der Waals surface area contributed by atoms with Crippen molar-refractivity contribution >= 4 is 32.3 Å². The first-order valence-electron chi connectivity index (χ1n) is 8.64. The normalized spacial score (nSPS) is 13.2. The first-order chi connectivity index (χ1) is 13.9. The molecule has 0 radical (unpaired) electrons. The van der Waals surface area contributed by atoms with Gasteiger partial charge in [0.15, 0.2) is 5.82 Å². The summed E-state index contributed by atoms with van der Waals surface area (Å²) in [7, 11) is -1.41. The summed E-state index contributed by atoms with van der Waals surface area (Å²) in [6, 6.07) is 12.3. The van der Waals surface area contributed by atoms with Crippen molar-refractivity contribution in [2.45, 2.75) is 4.90 Å². The maximum absolute atomic E-state index is 14.5. The highest BCUT2D eigenvalue weighted by Gasteiger charge is 2.15. The van der Waals surface area contributed by atoms with Crippen LogP contribution in [0.3, 0.4) is 0 Å². The van der Waals surface area contributed by atoms with Gasteiger partial charge in [0.25, 0.3) is 0 Å². The Labute approximate surface area is 167 Å². The van der Waals surface area contributed by atoms with Gasteiger partial charge in [-0.05, 0) is 24.3 Å². The zero-order valence-electron chi connectivity index (χ0n) is 15.7. The van der Waals surface area contributed by atoms with E-state index in [1.165, 1.54) is 19.4 Å². The van der Waals surface area contributed by atoms with E-state index in [-0.39, 0.29) is 11.6 Å². The first-order valence-corrected chi connectivity index (χ1v) is 10.6. The van der Waals surface area contributed by atoms with E-state index < -0.39 is 15.5 Å². The molecule has 0 aliphatic heterocycles. The molecule has 7 nitrogen and oxygen atoms in total. The van der Waals surface area contributed by atoms with Crippen molar-refractivity contribution < 1.29 is 13.3 Å². The molecule has 4 rings (SSSR count). The second-order valence-electron chi connectivity index (χ2n) is 6.47. The number of para-hydroxylation sites is 1. The Hall–Kier alpha value is -3.46. The number of halogens is 1. The molecule has 2 heterocycles. The van der Waals surface area contributed by atoms with Gasteiger partial charge in [-0.1, -0.05) is 18.2 Å². The van der Waals surface area contributed by atoms with Crippen LogP contribution < -0.4 is 10.1 Å².